The second-order valence-corrected chi connectivity index (χ2v) is 6.49. The minimum absolute atomic E-state index is 0.420. The van der Waals surface area contributed by atoms with E-state index in [9.17, 15) is 4.79 Å². The van der Waals surface area contributed by atoms with Gasteiger partial charge >= 0.3 is 5.97 Å². The molecule has 0 aromatic heterocycles. The molecule has 0 unspecified atom stereocenters. The van der Waals surface area contributed by atoms with Crippen LogP contribution in [-0.4, -0.2) is 26.2 Å². The van der Waals surface area contributed by atoms with Gasteiger partial charge in [-0.3, -0.25) is 0 Å². The highest BCUT2D eigenvalue weighted by atomic mass is 35.5. The molecule has 0 spiro atoms. The lowest BCUT2D eigenvalue weighted by atomic mass is 10.1. The van der Waals surface area contributed by atoms with E-state index in [0.29, 0.717) is 33.8 Å². The van der Waals surface area contributed by atoms with Gasteiger partial charge in [0, 0.05) is 18.8 Å². The maximum absolute atomic E-state index is 12.1. The lowest BCUT2D eigenvalue weighted by Gasteiger charge is -2.31. The van der Waals surface area contributed by atoms with Crippen LogP contribution in [0.2, 0.25) is 5.02 Å². The Bertz CT molecular complexity index is 491. The summed E-state index contributed by atoms with van der Waals surface area (Å²) in [5.41, 5.74) is 7.40. The number of anilines is 2. The highest BCUT2D eigenvalue weighted by molar-refractivity contribution is 6.34. The molecule has 0 radical (unpaired) electrons. The number of carbonyl (C=O) groups is 1. The fourth-order valence-electron chi connectivity index (χ4n) is 2.35. The van der Waals surface area contributed by atoms with Gasteiger partial charge < -0.3 is 15.4 Å². The molecule has 0 fully saturated rings. The number of nitrogen functional groups attached to an aromatic ring is 1. The summed E-state index contributed by atoms with van der Waals surface area (Å²) < 4.78 is 4.87. The Morgan fingerprint density at radius 3 is 2.19 bits per heavy atom. The highest BCUT2D eigenvalue weighted by Gasteiger charge is 2.22. The third kappa shape index (κ3) is 4.81. The van der Waals surface area contributed by atoms with Crippen LogP contribution in [0.4, 0.5) is 11.4 Å². The Labute approximate surface area is 132 Å². The standard InChI is InChI=1S/C16H25ClN2O2/c1-10(2)8-19(9-11(3)4)15-13(16(20)21-5)6-12(18)7-14(15)17/h6-7,10-11H,8-9,18H2,1-5H3. The second-order valence-electron chi connectivity index (χ2n) is 6.08. The van der Waals surface area contributed by atoms with E-state index < -0.39 is 5.97 Å². The van der Waals surface area contributed by atoms with Crippen LogP contribution in [-0.2, 0) is 4.74 Å². The van der Waals surface area contributed by atoms with Crippen molar-refractivity contribution in [2.24, 2.45) is 11.8 Å². The zero-order valence-electron chi connectivity index (χ0n) is 13.4. The van der Waals surface area contributed by atoms with Gasteiger partial charge in [-0.2, -0.15) is 0 Å². The minimum atomic E-state index is -0.420. The first-order valence-corrected chi connectivity index (χ1v) is 7.56. The van der Waals surface area contributed by atoms with Gasteiger partial charge in [0.1, 0.15) is 0 Å². The van der Waals surface area contributed by atoms with Crippen molar-refractivity contribution >= 4 is 28.9 Å². The molecule has 1 aromatic rings. The Morgan fingerprint density at radius 1 is 1.24 bits per heavy atom. The highest BCUT2D eigenvalue weighted by Crippen LogP contribution is 2.34. The largest absolute Gasteiger partial charge is 0.465 e. The van der Waals surface area contributed by atoms with E-state index in [1.807, 2.05) is 0 Å². The number of methoxy groups -OCH3 is 1. The van der Waals surface area contributed by atoms with Crippen molar-refractivity contribution in [1.29, 1.82) is 0 Å². The van der Waals surface area contributed by atoms with E-state index in [0.717, 1.165) is 13.1 Å². The monoisotopic (exact) mass is 312 g/mol. The average molecular weight is 313 g/mol. The SMILES string of the molecule is COC(=O)c1cc(N)cc(Cl)c1N(CC(C)C)CC(C)C. The molecule has 0 amide bonds. The Morgan fingerprint density at radius 2 is 1.76 bits per heavy atom. The summed E-state index contributed by atoms with van der Waals surface area (Å²) in [5, 5.41) is 0.483. The molecule has 0 aliphatic heterocycles. The number of rotatable bonds is 6. The van der Waals surface area contributed by atoms with Crippen LogP contribution in [0, 0.1) is 11.8 Å². The Kier molecular flexibility index (Phi) is 6.34. The molecule has 1 aromatic carbocycles. The van der Waals surface area contributed by atoms with Crippen molar-refractivity contribution in [3.05, 3.63) is 22.7 Å². The summed E-state index contributed by atoms with van der Waals surface area (Å²) in [5.74, 6) is 0.474. The van der Waals surface area contributed by atoms with Crippen LogP contribution in [0.15, 0.2) is 12.1 Å². The van der Waals surface area contributed by atoms with Crippen molar-refractivity contribution in [2.75, 3.05) is 30.8 Å². The first-order chi connectivity index (χ1) is 9.76. The fraction of sp³-hybridized carbons (Fsp3) is 0.562. The number of carbonyl (C=O) groups excluding carboxylic acids is 1. The van der Waals surface area contributed by atoms with Crippen molar-refractivity contribution in [2.45, 2.75) is 27.7 Å². The van der Waals surface area contributed by atoms with E-state index in [1.165, 1.54) is 7.11 Å². The van der Waals surface area contributed by atoms with Gasteiger partial charge in [0.15, 0.2) is 0 Å². The van der Waals surface area contributed by atoms with Gasteiger partial charge in [-0.05, 0) is 24.0 Å². The molecule has 118 valence electrons. The fourth-order valence-corrected chi connectivity index (χ4v) is 2.69. The summed E-state index contributed by atoms with van der Waals surface area (Å²) in [4.78, 5) is 14.2. The van der Waals surface area contributed by atoms with E-state index in [2.05, 4.69) is 32.6 Å². The van der Waals surface area contributed by atoms with Gasteiger partial charge in [0.05, 0.1) is 23.4 Å². The quantitative estimate of drug-likeness (QED) is 0.640. The van der Waals surface area contributed by atoms with Crippen molar-refractivity contribution < 1.29 is 9.53 Å². The Balaban J connectivity index is 3.37. The van der Waals surface area contributed by atoms with Crippen molar-refractivity contribution in [3.8, 4) is 0 Å². The molecule has 1 rings (SSSR count). The predicted octanol–water partition coefficient (Wildman–Crippen LogP) is 3.83. The minimum Gasteiger partial charge on any atom is -0.465 e. The van der Waals surface area contributed by atoms with E-state index in [1.54, 1.807) is 12.1 Å². The second kappa shape index (κ2) is 7.55. The number of nitrogens with two attached hydrogens (primary N) is 1. The lowest BCUT2D eigenvalue weighted by molar-refractivity contribution is 0.0601. The van der Waals surface area contributed by atoms with Gasteiger partial charge in [-0.15, -0.1) is 0 Å². The summed E-state index contributed by atoms with van der Waals surface area (Å²) in [6.07, 6.45) is 0. The number of hydrogen-bond acceptors (Lipinski definition) is 4. The molecular weight excluding hydrogens is 288 g/mol. The maximum atomic E-state index is 12.1. The van der Waals surface area contributed by atoms with Crippen molar-refractivity contribution in [3.63, 3.8) is 0 Å². The zero-order chi connectivity index (χ0) is 16.2. The molecule has 0 bridgehead atoms. The van der Waals surface area contributed by atoms with E-state index >= 15 is 0 Å². The molecule has 0 saturated heterocycles. The first-order valence-electron chi connectivity index (χ1n) is 7.18. The molecule has 0 heterocycles. The van der Waals surface area contributed by atoms with Gasteiger partial charge in [0.25, 0.3) is 0 Å². The predicted molar refractivity (Wildman–Crippen MR) is 89.1 cm³/mol. The summed E-state index contributed by atoms with van der Waals surface area (Å²) in [6, 6.07) is 3.30. The van der Waals surface area contributed by atoms with Crippen LogP contribution in [0.5, 0.6) is 0 Å². The third-order valence-corrected chi connectivity index (χ3v) is 3.27. The van der Waals surface area contributed by atoms with Gasteiger partial charge in [0.2, 0.25) is 0 Å². The van der Waals surface area contributed by atoms with Crippen LogP contribution < -0.4 is 10.6 Å². The summed E-state index contributed by atoms with van der Waals surface area (Å²) >= 11 is 6.37. The molecule has 4 nitrogen and oxygen atoms in total. The van der Waals surface area contributed by atoms with Gasteiger partial charge in [-0.1, -0.05) is 39.3 Å². The maximum Gasteiger partial charge on any atom is 0.340 e. The number of esters is 1. The van der Waals surface area contributed by atoms with Crippen LogP contribution in [0.3, 0.4) is 0 Å². The summed E-state index contributed by atoms with van der Waals surface area (Å²) in [6.45, 7) is 10.2. The Hall–Kier alpha value is -1.42. The molecule has 2 N–H and O–H groups in total. The molecular formula is C16H25ClN2O2. The smallest absolute Gasteiger partial charge is 0.340 e. The molecule has 21 heavy (non-hydrogen) atoms. The first kappa shape index (κ1) is 17.6. The topological polar surface area (TPSA) is 55.6 Å². The van der Waals surface area contributed by atoms with E-state index in [-0.39, 0.29) is 0 Å². The lowest BCUT2D eigenvalue weighted by Crippen LogP contribution is -2.33. The van der Waals surface area contributed by atoms with Crippen molar-refractivity contribution in [1.82, 2.24) is 0 Å². The number of benzene rings is 1. The zero-order valence-corrected chi connectivity index (χ0v) is 14.2. The third-order valence-electron chi connectivity index (χ3n) is 2.98. The molecule has 0 aliphatic carbocycles. The molecule has 5 heteroatoms. The number of ether oxygens (including phenoxy) is 1. The normalized spacial score (nSPS) is 11.0. The van der Waals surface area contributed by atoms with Crippen LogP contribution in [0.1, 0.15) is 38.1 Å². The van der Waals surface area contributed by atoms with Gasteiger partial charge in [-0.25, -0.2) is 4.79 Å². The summed E-state index contributed by atoms with van der Waals surface area (Å²) in [7, 11) is 1.36. The number of hydrogen-bond donors (Lipinski definition) is 1. The van der Waals surface area contributed by atoms with Crippen LogP contribution >= 0.6 is 11.6 Å². The molecule has 0 saturated carbocycles. The van der Waals surface area contributed by atoms with E-state index in [4.69, 9.17) is 22.1 Å². The number of nitrogens with zero attached hydrogens (tertiary/aromatic N) is 1. The average Bonchev–Trinajstić information content (AvgIpc) is 2.34. The van der Waals surface area contributed by atoms with Crippen LogP contribution in [0.25, 0.3) is 0 Å². The number of halogens is 1. The molecule has 0 atom stereocenters. The molecule has 0 aliphatic rings.